The minimum Gasteiger partial charge on any atom is -0.486 e. The number of nitrogen functional groups attached to an aromatic ring is 1. The Bertz CT molecular complexity index is 537. The van der Waals surface area contributed by atoms with Crippen molar-refractivity contribution in [3.05, 3.63) is 59.4 Å². The predicted octanol–water partition coefficient (Wildman–Crippen LogP) is 3.86. The topological polar surface area (TPSA) is 35.2 Å². The Hall–Kier alpha value is -2.03. The zero-order chi connectivity index (χ0) is 13.1. The largest absolute Gasteiger partial charge is 0.486 e. The molecule has 0 aliphatic rings. The summed E-state index contributed by atoms with van der Waals surface area (Å²) in [4.78, 5) is 0. The molecule has 1 atom stereocenters. The zero-order valence-electron chi connectivity index (χ0n) is 10.5. The fourth-order valence-electron chi connectivity index (χ4n) is 1.73. The normalized spacial score (nSPS) is 12.2. The number of rotatable bonds is 3. The van der Waals surface area contributed by atoms with E-state index >= 15 is 0 Å². The summed E-state index contributed by atoms with van der Waals surface area (Å²) < 4.78 is 18.9. The van der Waals surface area contributed by atoms with Crippen LogP contribution in [0.5, 0.6) is 5.75 Å². The van der Waals surface area contributed by atoms with E-state index < -0.39 is 0 Å². The summed E-state index contributed by atoms with van der Waals surface area (Å²) in [5.41, 5.74) is 7.97. The third-order valence-electron chi connectivity index (χ3n) is 2.85. The van der Waals surface area contributed by atoms with Gasteiger partial charge in [0.1, 0.15) is 17.7 Å². The van der Waals surface area contributed by atoms with Crippen LogP contribution in [-0.2, 0) is 0 Å². The maximum Gasteiger partial charge on any atom is 0.126 e. The fraction of sp³-hybridized carbons (Fsp3) is 0.200. The van der Waals surface area contributed by atoms with Crippen molar-refractivity contribution in [2.24, 2.45) is 0 Å². The first kappa shape index (κ1) is 12.4. The number of nitrogens with two attached hydrogens (primary N) is 1. The molecule has 0 bridgehead atoms. The van der Waals surface area contributed by atoms with Gasteiger partial charge in [-0.05, 0) is 55.3 Å². The number of hydrogen-bond acceptors (Lipinski definition) is 2. The second-order valence-corrected chi connectivity index (χ2v) is 4.34. The van der Waals surface area contributed by atoms with Gasteiger partial charge >= 0.3 is 0 Å². The lowest BCUT2D eigenvalue weighted by atomic mass is 10.1. The van der Waals surface area contributed by atoms with E-state index in [0.717, 1.165) is 11.3 Å². The van der Waals surface area contributed by atoms with Crippen LogP contribution in [0.4, 0.5) is 10.1 Å². The van der Waals surface area contributed by atoms with Crippen LogP contribution in [0.3, 0.4) is 0 Å². The number of aryl methyl sites for hydroxylation is 1. The van der Waals surface area contributed by atoms with E-state index in [1.807, 2.05) is 31.2 Å². The molecule has 2 rings (SSSR count). The number of anilines is 1. The van der Waals surface area contributed by atoms with Gasteiger partial charge in [-0.15, -0.1) is 0 Å². The highest BCUT2D eigenvalue weighted by molar-refractivity contribution is 5.40. The van der Waals surface area contributed by atoms with Crippen molar-refractivity contribution in [1.82, 2.24) is 0 Å². The van der Waals surface area contributed by atoms with E-state index in [1.54, 1.807) is 19.1 Å². The van der Waals surface area contributed by atoms with Crippen molar-refractivity contribution in [2.75, 3.05) is 5.73 Å². The molecule has 0 saturated heterocycles. The van der Waals surface area contributed by atoms with Crippen LogP contribution in [-0.4, -0.2) is 0 Å². The van der Waals surface area contributed by atoms with Crippen molar-refractivity contribution in [1.29, 1.82) is 0 Å². The first-order valence-electron chi connectivity index (χ1n) is 5.84. The lowest BCUT2D eigenvalue weighted by Gasteiger charge is -2.15. The molecule has 3 heteroatoms. The van der Waals surface area contributed by atoms with Gasteiger partial charge in [0.05, 0.1) is 0 Å². The van der Waals surface area contributed by atoms with Crippen LogP contribution in [0.15, 0.2) is 42.5 Å². The van der Waals surface area contributed by atoms with E-state index in [1.165, 1.54) is 6.07 Å². The Morgan fingerprint density at radius 2 is 1.78 bits per heavy atom. The second kappa shape index (κ2) is 5.08. The van der Waals surface area contributed by atoms with Gasteiger partial charge in [-0.2, -0.15) is 0 Å². The SMILES string of the molecule is Cc1cc(OC(C)c2ccc(N)cc2)ccc1F. The number of ether oxygens (including phenoxy) is 1. The van der Waals surface area contributed by atoms with E-state index in [9.17, 15) is 4.39 Å². The molecule has 2 N–H and O–H groups in total. The molecule has 0 heterocycles. The summed E-state index contributed by atoms with van der Waals surface area (Å²) in [6, 6.07) is 12.3. The number of benzene rings is 2. The monoisotopic (exact) mass is 245 g/mol. The van der Waals surface area contributed by atoms with Gasteiger partial charge in [0.15, 0.2) is 0 Å². The summed E-state index contributed by atoms with van der Waals surface area (Å²) in [6.07, 6.45) is -0.101. The van der Waals surface area contributed by atoms with Gasteiger partial charge in [0.25, 0.3) is 0 Å². The van der Waals surface area contributed by atoms with E-state index in [0.29, 0.717) is 11.3 Å². The van der Waals surface area contributed by atoms with Gasteiger partial charge in [0, 0.05) is 5.69 Å². The molecule has 18 heavy (non-hydrogen) atoms. The number of hydrogen-bond donors (Lipinski definition) is 1. The molecule has 0 amide bonds. The predicted molar refractivity (Wildman–Crippen MR) is 71.0 cm³/mol. The molecule has 0 aliphatic carbocycles. The van der Waals surface area contributed by atoms with Crippen molar-refractivity contribution in [2.45, 2.75) is 20.0 Å². The Morgan fingerprint density at radius 1 is 1.11 bits per heavy atom. The van der Waals surface area contributed by atoms with Gasteiger partial charge < -0.3 is 10.5 Å². The van der Waals surface area contributed by atoms with Crippen LogP contribution >= 0.6 is 0 Å². The smallest absolute Gasteiger partial charge is 0.126 e. The first-order chi connectivity index (χ1) is 8.56. The van der Waals surface area contributed by atoms with E-state index in [4.69, 9.17) is 10.5 Å². The summed E-state index contributed by atoms with van der Waals surface area (Å²) in [5, 5.41) is 0. The lowest BCUT2D eigenvalue weighted by molar-refractivity contribution is 0.226. The molecule has 2 aromatic rings. The average molecular weight is 245 g/mol. The molecular weight excluding hydrogens is 229 g/mol. The standard InChI is InChI=1S/C15H16FNO/c1-10-9-14(7-8-15(10)16)18-11(2)12-3-5-13(17)6-4-12/h3-9,11H,17H2,1-2H3. The van der Waals surface area contributed by atoms with Crippen molar-refractivity contribution < 1.29 is 9.13 Å². The van der Waals surface area contributed by atoms with Crippen LogP contribution in [0.2, 0.25) is 0 Å². The van der Waals surface area contributed by atoms with Crippen molar-refractivity contribution >= 4 is 5.69 Å². The van der Waals surface area contributed by atoms with Crippen LogP contribution in [0.25, 0.3) is 0 Å². The first-order valence-corrected chi connectivity index (χ1v) is 5.84. The van der Waals surface area contributed by atoms with Crippen LogP contribution < -0.4 is 10.5 Å². The third-order valence-corrected chi connectivity index (χ3v) is 2.85. The quantitative estimate of drug-likeness (QED) is 0.833. The molecule has 0 aromatic heterocycles. The maximum atomic E-state index is 13.1. The fourth-order valence-corrected chi connectivity index (χ4v) is 1.73. The minimum absolute atomic E-state index is 0.101. The molecule has 2 nitrogen and oxygen atoms in total. The Labute approximate surface area is 106 Å². The molecular formula is C15H16FNO. The molecule has 1 unspecified atom stereocenters. The second-order valence-electron chi connectivity index (χ2n) is 4.34. The van der Waals surface area contributed by atoms with Crippen LogP contribution in [0, 0.1) is 12.7 Å². The van der Waals surface area contributed by atoms with Crippen molar-refractivity contribution in [3.63, 3.8) is 0 Å². The van der Waals surface area contributed by atoms with Crippen LogP contribution in [0.1, 0.15) is 24.2 Å². The lowest BCUT2D eigenvalue weighted by Crippen LogP contribution is -2.03. The Morgan fingerprint density at radius 3 is 2.39 bits per heavy atom. The van der Waals surface area contributed by atoms with Gasteiger partial charge in [-0.1, -0.05) is 12.1 Å². The van der Waals surface area contributed by atoms with E-state index in [-0.39, 0.29) is 11.9 Å². The molecule has 2 aromatic carbocycles. The van der Waals surface area contributed by atoms with Crippen molar-refractivity contribution in [3.8, 4) is 5.75 Å². The van der Waals surface area contributed by atoms with Gasteiger partial charge in [-0.3, -0.25) is 0 Å². The highest BCUT2D eigenvalue weighted by atomic mass is 19.1. The zero-order valence-corrected chi connectivity index (χ0v) is 10.5. The van der Waals surface area contributed by atoms with Gasteiger partial charge in [-0.25, -0.2) is 4.39 Å². The van der Waals surface area contributed by atoms with Gasteiger partial charge in [0.2, 0.25) is 0 Å². The maximum absolute atomic E-state index is 13.1. The third kappa shape index (κ3) is 2.80. The molecule has 0 saturated carbocycles. The highest BCUT2D eigenvalue weighted by Crippen LogP contribution is 2.24. The minimum atomic E-state index is -0.220. The summed E-state index contributed by atoms with van der Waals surface area (Å²) in [7, 11) is 0. The molecule has 94 valence electrons. The molecule has 0 radical (unpaired) electrons. The summed E-state index contributed by atoms with van der Waals surface area (Å²) >= 11 is 0. The Balaban J connectivity index is 2.13. The molecule has 0 aliphatic heterocycles. The average Bonchev–Trinajstić information content (AvgIpc) is 2.34. The summed E-state index contributed by atoms with van der Waals surface area (Å²) in [6.45, 7) is 3.67. The highest BCUT2D eigenvalue weighted by Gasteiger charge is 2.08. The Kier molecular flexibility index (Phi) is 3.51. The molecule has 0 fully saturated rings. The number of halogens is 1. The van der Waals surface area contributed by atoms with E-state index in [2.05, 4.69) is 0 Å². The molecule has 0 spiro atoms. The summed E-state index contributed by atoms with van der Waals surface area (Å²) in [5.74, 6) is 0.445.